The molecule has 80 valence electrons. The monoisotopic (exact) mass is 189 g/mol. The number of rotatable bonds is 8. The van der Waals surface area contributed by atoms with Crippen molar-refractivity contribution in [1.29, 1.82) is 0 Å². The van der Waals surface area contributed by atoms with Gasteiger partial charge in [-0.1, -0.05) is 6.92 Å². The van der Waals surface area contributed by atoms with E-state index in [1.807, 2.05) is 7.05 Å². The minimum atomic E-state index is 0.321. The summed E-state index contributed by atoms with van der Waals surface area (Å²) < 4.78 is 10.4. The molecule has 0 radical (unpaired) electrons. The van der Waals surface area contributed by atoms with Crippen LogP contribution >= 0.6 is 0 Å². The summed E-state index contributed by atoms with van der Waals surface area (Å²) in [4.78, 5) is 0. The van der Waals surface area contributed by atoms with Crippen LogP contribution < -0.4 is 5.32 Å². The molecule has 0 bridgehead atoms. The van der Waals surface area contributed by atoms with Crippen molar-refractivity contribution in [1.82, 2.24) is 5.32 Å². The van der Waals surface area contributed by atoms with Gasteiger partial charge in [-0.25, -0.2) is 0 Å². The normalized spacial score (nSPS) is 15.7. The summed E-state index contributed by atoms with van der Waals surface area (Å²) in [5, 5.41) is 3.28. The fourth-order valence-corrected chi connectivity index (χ4v) is 1.58. The minimum absolute atomic E-state index is 0.321. The molecule has 0 spiro atoms. The molecule has 0 aliphatic heterocycles. The van der Waals surface area contributed by atoms with Crippen LogP contribution in [0, 0.1) is 0 Å². The van der Waals surface area contributed by atoms with Crippen molar-refractivity contribution in [2.45, 2.75) is 38.3 Å². The summed E-state index contributed by atoms with van der Waals surface area (Å²) in [6, 6.07) is 0.449. The fraction of sp³-hybridized carbons (Fsp3) is 1.00. The Morgan fingerprint density at radius 1 is 1.31 bits per heavy atom. The Balaban J connectivity index is 3.71. The van der Waals surface area contributed by atoms with Gasteiger partial charge >= 0.3 is 0 Å². The Hall–Kier alpha value is -0.120. The highest BCUT2D eigenvalue weighted by Crippen LogP contribution is 2.08. The molecule has 0 saturated carbocycles. The molecule has 13 heavy (non-hydrogen) atoms. The van der Waals surface area contributed by atoms with Crippen molar-refractivity contribution in [3.8, 4) is 0 Å². The molecule has 0 saturated heterocycles. The molecule has 0 rings (SSSR count). The fourth-order valence-electron chi connectivity index (χ4n) is 1.58. The summed E-state index contributed by atoms with van der Waals surface area (Å²) >= 11 is 0. The lowest BCUT2D eigenvalue weighted by Gasteiger charge is -2.24. The third kappa shape index (κ3) is 5.24. The van der Waals surface area contributed by atoms with E-state index in [4.69, 9.17) is 9.47 Å². The highest BCUT2D eigenvalue weighted by molar-refractivity contribution is 4.74. The maximum Gasteiger partial charge on any atom is 0.0721 e. The van der Waals surface area contributed by atoms with E-state index in [0.717, 1.165) is 25.9 Å². The Kier molecular flexibility index (Phi) is 8.40. The predicted octanol–water partition coefficient (Wildman–Crippen LogP) is 1.43. The number of nitrogens with one attached hydrogen (secondary N) is 1. The van der Waals surface area contributed by atoms with Crippen LogP contribution in [0.5, 0.6) is 0 Å². The van der Waals surface area contributed by atoms with Gasteiger partial charge in [-0.05, 0) is 26.3 Å². The maximum absolute atomic E-state index is 5.38. The van der Waals surface area contributed by atoms with Crippen LogP contribution in [0.2, 0.25) is 0 Å². The molecule has 0 aromatic rings. The summed E-state index contributed by atoms with van der Waals surface area (Å²) in [6.07, 6.45) is 3.56. The quantitative estimate of drug-likeness (QED) is 0.586. The number of ether oxygens (including phenoxy) is 2. The van der Waals surface area contributed by atoms with Crippen LogP contribution in [0.25, 0.3) is 0 Å². The van der Waals surface area contributed by atoms with Gasteiger partial charge in [-0.3, -0.25) is 0 Å². The Bertz CT molecular complexity index is 105. The molecule has 0 amide bonds. The van der Waals surface area contributed by atoms with Crippen molar-refractivity contribution in [2.75, 3.05) is 27.9 Å². The zero-order chi connectivity index (χ0) is 10.1. The molecule has 0 aliphatic rings. The summed E-state index contributed by atoms with van der Waals surface area (Å²) in [5.41, 5.74) is 0. The highest BCUT2D eigenvalue weighted by atomic mass is 16.5. The molecule has 0 aliphatic carbocycles. The second kappa shape index (κ2) is 8.48. The first-order valence-corrected chi connectivity index (χ1v) is 4.99. The molecule has 2 unspecified atom stereocenters. The van der Waals surface area contributed by atoms with Crippen molar-refractivity contribution >= 4 is 0 Å². The standard InChI is InChI=1S/C10H23NO2/c1-5-10(13-4)9(11-2)7-6-8-12-3/h9-11H,5-8H2,1-4H3. The second-order valence-electron chi connectivity index (χ2n) is 3.21. The minimum Gasteiger partial charge on any atom is -0.385 e. The number of hydrogen-bond acceptors (Lipinski definition) is 3. The zero-order valence-corrected chi connectivity index (χ0v) is 9.30. The molecule has 0 aromatic carbocycles. The summed E-state index contributed by atoms with van der Waals surface area (Å²) in [6.45, 7) is 2.98. The largest absolute Gasteiger partial charge is 0.385 e. The van der Waals surface area contributed by atoms with Crippen LogP contribution in [0.1, 0.15) is 26.2 Å². The SMILES string of the molecule is CCC(OC)C(CCCOC)NC. The average molecular weight is 189 g/mol. The van der Waals surface area contributed by atoms with E-state index in [0.29, 0.717) is 12.1 Å². The molecule has 0 fully saturated rings. The molecule has 3 nitrogen and oxygen atoms in total. The number of methoxy groups -OCH3 is 2. The number of likely N-dealkylation sites (N-methyl/N-ethyl adjacent to an activating group) is 1. The van der Waals surface area contributed by atoms with Crippen molar-refractivity contribution < 1.29 is 9.47 Å². The van der Waals surface area contributed by atoms with Crippen LogP contribution in [0.4, 0.5) is 0 Å². The Morgan fingerprint density at radius 2 is 2.00 bits per heavy atom. The van der Waals surface area contributed by atoms with E-state index in [9.17, 15) is 0 Å². The highest BCUT2D eigenvalue weighted by Gasteiger charge is 2.16. The smallest absolute Gasteiger partial charge is 0.0721 e. The van der Waals surface area contributed by atoms with E-state index in [-0.39, 0.29) is 0 Å². The van der Waals surface area contributed by atoms with E-state index < -0.39 is 0 Å². The van der Waals surface area contributed by atoms with Gasteiger partial charge in [0.2, 0.25) is 0 Å². The summed E-state index contributed by atoms with van der Waals surface area (Å²) in [7, 11) is 5.50. The zero-order valence-electron chi connectivity index (χ0n) is 9.30. The average Bonchev–Trinajstić information content (AvgIpc) is 2.17. The lowest BCUT2D eigenvalue weighted by molar-refractivity contribution is 0.0613. The van der Waals surface area contributed by atoms with Crippen LogP contribution in [-0.2, 0) is 9.47 Å². The molecule has 0 heterocycles. The van der Waals surface area contributed by atoms with E-state index in [1.165, 1.54) is 0 Å². The Labute approximate surface area is 81.8 Å². The predicted molar refractivity (Wildman–Crippen MR) is 55.0 cm³/mol. The van der Waals surface area contributed by atoms with Gasteiger partial charge in [0.1, 0.15) is 0 Å². The molecule has 1 N–H and O–H groups in total. The van der Waals surface area contributed by atoms with Crippen LogP contribution in [-0.4, -0.2) is 40.0 Å². The van der Waals surface area contributed by atoms with E-state index in [1.54, 1.807) is 14.2 Å². The first kappa shape index (κ1) is 12.9. The van der Waals surface area contributed by atoms with E-state index >= 15 is 0 Å². The Morgan fingerprint density at radius 3 is 2.38 bits per heavy atom. The van der Waals surface area contributed by atoms with Gasteiger partial charge in [0.25, 0.3) is 0 Å². The van der Waals surface area contributed by atoms with Crippen LogP contribution in [0.3, 0.4) is 0 Å². The lowest BCUT2D eigenvalue weighted by Crippen LogP contribution is -2.38. The third-order valence-electron chi connectivity index (χ3n) is 2.39. The van der Waals surface area contributed by atoms with Crippen molar-refractivity contribution in [3.05, 3.63) is 0 Å². The molecule has 2 atom stereocenters. The lowest BCUT2D eigenvalue weighted by atomic mass is 10.0. The first-order valence-electron chi connectivity index (χ1n) is 4.99. The second-order valence-corrected chi connectivity index (χ2v) is 3.21. The van der Waals surface area contributed by atoms with Gasteiger partial charge in [-0.2, -0.15) is 0 Å². The number of hydrogen-bond donors (Lipinski definition) is 1. The first-order chi connectivity index (χ1) is 6.29. The third-order valence-corrected chi connectivity index (χ3v) is 2.39. The topological polar surface area (TPSA) is 30.5 Å². The van der Waals surface area contributed by atoms with Crippen LogP contribution in [0.15, 0.2) is 0 Å². The van der Waals surface area contributed by atoms with Gasteiger partial charge in [0.15, 0.2) is 0 Å². The molecular formula is C10H23NO2. The molecule has 3 heteroatoms. The van der Waals surface area contributed by atoms with Gasteiger partial charge < -0.3 is 14.8 Å². The van der Waals surface area contributed by atoms with E-state index in [2.05, 4.69) is 12.2 Å². The van der Waals surface area contributed by atoms with Crippen molar-refractivity contribution in [3.63, 3.8) is 0 Å². The maximum atomic E-state index is 5.38. The van der Waals surface area contributed by atoms with Gasteiger partial charge in [0, 0.05) is 26.9 Å². The molecular weight excluding hydrogens is 166 g/mol. The van der Waals surface area contributed by atoms with Crippen molar-refractivity contribution in [2.24, 2.45) is 0 Å². The molecule has 0 aromatic heterocycles. The summed E-state index contributed by atoms with van der Waals surface area (Å²) in [5.74, 6) is 0. The van der Waals surface area contributed by atoms with Gasteiger partial charge in [0.05, 0.1) is 6.10 Å². The van der Waals surface area contributed by atoms with Gasteiger partial charge in [-0.15, -0.1) is 0 Å².